The molecule has 4 rings (SSSR count). The highest BCUT2D eigenvalue weighted by atomic mass is 19.4. The summed E-state index contributed by atoms with van der Waals surface area (Å²) in [6.45, 7) is 5.83. The van der Waals surface area contributed by atoms with Crippen LogP contribution < -0.4 is 10.3 Å². The van der Waals surface area contributed by atoms with Crippen LogP contribution in [-0.2, 0) is 32.2 Å². The summed E-state index contributed by atoms with van der Waals surface area (Å²) >= 11 is 0. The fourth-order valence-corrected chi connectivity index (χ4v) is 5.19. The lowest BCUT2D eigenvalue weighted by Crippen LogP contribution is -2.29. The van der Waals surface area contributed by atoms with Gasteiger partial charge >= 0.3 is 12.1 Å². The van der Waals surface area contributed by atoms with Gasteiger partial charge in [0.2, 0.25) is 0 Å². The summed E-state index contributed by atoms with van der Waals surface area (Å²) in [5, 5.41) is 9.50. The molecule has 1 aromatic heterocycles. The van der Waals surface area contributed by atoms with Crippen LogP contribution in [-0.4, -0.2) is 20.6 Å². The van der Waals surface area contributed by atoms with Gasteiger partial charge in [-0.3, -0.25) is 9.36 Å². The number of aromatic carboxylic acids is 1. The minimum atomic E-state index is -4.63. The van der Waals surface area contributed by atoms with Crippen molar-refractivity contribution in [3.05, 3.63) is 116 Å². The molecular formula is C34H35F3N2O4. The van der Waals surface area contributed by atoms with E-state index in [2.05, 4.69) is 4.98 Å². The van der Waals surface area contributed by atoms with Crippen molar-refractivity contribution in [2.24, 2.45) is 0 Å². The van der Waals surface area contributed by atoms with Crippen LogP contribution in [0.2, 0.25) is 0 Å². The number of ether oxygens (including phenoxy) is 1. The highest BCUT2D eigenvalue weighted by Gasteiger charge is 2.34. The third kappa shape index (κ3) is 7.34. The Labute approximate surface area is 248 Å². The summed E-state index contributed by atoms with van der Waals surface area (Å²) in [5.41, 5.74) is 1.02. The molecule has 4 aromatic rings. The first kappa shape index (κ1) is 31.5. The molecule has 9 heteroatoms. The molecule has 0 radical (unpaired) electrons. The number of benzene rings is 3. The van der Waals surface area contributed by atoms with Crippen molar-refractivity contribution in [1.82, 2.24) is 9.55 Å². The molecule has 0 aliphatic rings. The van der Waals surface area contributed by atoms with Crippen LogP contribution in [0, 0.1) is 6.92 Å². The highest BCUT2D eigenvalue weighted by molar-refractivity contribution is 5.89. The standard InChI is InChI=1S/C34H35F3N2O4/c1-4-6-16-30-38-22(3)31(27-14-9-10-15-28(27)34(35,36)37)32(40)39(30)20-23-17-18-29(24(19-23)11-5-2)43-21-25-12-7-8-13-26(25)33(41)42/h7-10,12-15,17-19H,4-6,11,16,20-21H2,1-3H3,(H,41,42). The zero-order chi connectivity index (χ0) is 31.1. The van der Waals surface area contributed by atoms with E-state index in [0.29, 0.717) is 30.0 Å². The first-order valence-electron chi connectivity index (χ1n) is 14.4. The zero-order valence-electron chi connectivity index (χ0n) is 24.5. The van der Waals surface area contributed by atoms with Gasteiger partial charge in [0, 0.05) is 17.5 Å². The molecule has 0 saturated carbocycles. The Kier molecular flexibility index (Phi) is 10.1. The summed E-state index contributed by atoms with van der Waals surface area (Å²) in [5.74, 6) is 0.1000. The second-order valence-electron chi connectivity index (χ2n) is 10.5. The quantitative estimate of drug-likeness (QED) is 0.181. The van der Waals surface area contributed by atoms with E-state index >= 15 is 0 Å². The number of rotatable bonds is 12. The smallest absolute Gasteiger partial charge is 0.417 e. The molecule has 0 unspecified atom stereocenters. The number of carboxylic acid groups (broad SMARTS) is 1. The monoisotopic (exact) mass is 592 g/mol. The number of aromatic nitrogens is 2. The third-order valence-corrected chi connectivity index (χ3v) is 7.30. The van der Waals surface area contributed by atoms with Gasteiger partial charge in [0.15, 0.2) is 0 Å². The Balaban J connectivity index is 1.74. The SMILES string of the molecule is CCCCc1nc(C)c(-c2ccccc2C(F)(F)F)c(=O)n1Cc1ccc(OCc2ccccc2C(=O)O)c(CCC)c1. The van der Waals surface area contributed by atoms with E-state index in [1.165, 1.54) is 28.8 Å². The topological polar surface area (TPSA) is 81.4 Å². The number of hydrogen-bond donors (Lipinski definition) is 1. The fraction of sp³-hybridized carbons (Fsp3) is 0.324. The Hall–Kier alpha value is -4.40. The van der Waals surface area contributed by atoms with Crippen molar-refractivity contribution in [2.45, 2.75) is 72.2 Å². The predicted molar refractivity (Wildman–Crippen MR) is 160 cm³/mol. The lowest BCUT2D eigenvalue weighted by Gasteiger charge is -2.19. The summed E-state index contributed by atoms with van der Waals surface area (Å²) < 4.78 is 49.3. The van der Waals surface area contributed by atoms with Crippen LogP contribution in [0.5, 0.6) is 5.75 Å². The average Bonchev–Trinajstić information content (AvgIpc) is 2.97. The maximum atomic E-state index is 14.0. The number of carbonyl (C=O) groups is 1. The molecule has 1 heterocycles. The fourth-order valence-electron chi connectivity index (χ4n) is 5.19. The van der Waals surface area contributed by atoms with Gasteiger partial charge in [0.05, 0.1) is 28.9 Å². The maximum absolute atomic E-state index is 14.0. The molecule has 0 aliphatic carbocycles. The Morgan fingerprint density at radius 2 is 1.67 bits per heavy atom. The lowest BCUT2D eigenvalue weighted by molar-refractivity contribution is -0.137. The number of halogens is 3. The van der Waals surface area contributed by atoms with Crippen LogP contribution in [0.1, 0.15) is 77.2 Å². The second-order valence-corrected chi connectivity index (χ2v) is 10.5. The van der Waals surface area contributed by atoms with Crippen LogP contribution in [0.15, 0.2) is 71.5 Å². The minimum absolute atomic E-state index is 0.0565. The van der Waals surface area contributed by atoms with Crippen molar-refractivity contribution >= 4 is 5.97 Å². The molecule has 0 saturated heterocycles. The molecule has 0 atom stereocenters. The number of hydrogen-bond acceptors (Lipinski definition) is 4. The van der Waals surface area contributed by atoms with Gasteiger partial charge in [-0.25, -0.2) is 9.78 Å². The number of nitrogens with zero attached hydrogens (tertiary/aromatic N) is 2. The van der Waals surface area contributed by atoms with E-state index in [0.717, 1.165) is 36.5 Å². The normalized spacial score (nSPS) is 11.5. The van der Waals surface area contributed by atoms with Gasteiger partial charge in [-0.15, -0.1) is 0 Å². The molecule has 6 nitrogen and oxygen atoms in total. The molecule has 226 valence electrons. The van der Waals surface area contributed by atoms with Crippen molar-refractivity contribution in [1.29, 1.82) is 0 Å². The molecular weight excluding hydrogens is 557 g/mol. The third-order valence-electron chi connectivity index (χ3n) is 7.30. The molecule has 0 bridgehead atoms. The van der Waals surface area contributed by atoms with Crippen molar-refractivity contribution in [3.63, 3.8) is 0 Å². The molecule has 0 amide bonds. The van der Waals surface area contributed by atoms with Gasteiger partial charge in [-0.1, -0.05) is 75.2 Å². The van der Waals surface area contributed by atoms with E-state index in [1.807, 2.05) is 26.0 Å². The summed E-state index contributed by atoms with van der Waals surface area (Å²) in [7, 11) is 0. The summed E-state index contributed by atoms with van der Waals surface area (Å²) in [6, 6.07) is 17.3. The molecule has 0 fully saturated rings. The number of carboxylic acids is 1. The van der Waals surface area contributed by atoms with Crippen LogP contribution in [0.25, 0.3) is 11.1 Å². The first-order chi connectivity index (χ1) is 20.5. The lowest BCUT2D eigenvalue weighted by atomic mass is 9.98. The van der Waals surface area contributed by atoms with Gasteiger partial charge in [-0.2, -0.15) is 13.2 Å². The Morgan fingerprint density at radius 1 is 0.953 bits per heavy atom. The molecule has 43 heavy (non-hydrogen) atoms. The van der Waals surface area contributed by atoms with Gasteiger partial charge in [0.25, 0.3) is 5.56 Å². The summed E-state index contributed by atoms with van der Waals surface area (Å²) in [6.07, 6.45) is -0.979. The van der Waals surface area contributed by atoms with Crippen LogP contribution in [0.3, 0.4) is 0 Å². The van der Waals surface area contributed by atoms with E-state index in [-0.39, 0.29) is 35.5 Å². The van der Waals surface area contributed by atoms with E-state index in [1.54, 1.807) is 31.2 Å². The van der Waals surface area contributed by atoms with Gasteiger partial charge in [0.1, 0.15) is 18.2 Å². The zero-order valence-corrected chi connectivity index (χ0v) is 24.5. The molecule has 3 aromatic carbocycles. The molecule has 1 N–H and O–H groups in total. The van der Waals surface area contributed by atoms with Gasteiger partial charge < -0.3 is 9.84 Å². The predicted octanol–water partition coefficient (Wildman–Crippen LogP) is 7.86. The van der Waals surface area contributed by atoms with Crippen molar-refractivity contribution in [2.75, 3.05) is 0 Å². The number of unbranched alkanes of at least 4 members (excludes halogenated alkanes) is 1. The van der Waals surface area contributed by atoms with Crippen molar-refractivity contribution in [3.8, 4) is 16.9 Å². The Bertz CT molecular complexity index is 1660. The van der Waals surface area contributed by atoms with Crippen LogP contribution >= 0.6 is 0 Å². The van der Waals surface area contributed by atoms with E-state index < -0.39 is 23.3 Å². The minimum Gasteiger partial charge on any atom is -0.489 e. The highest BCUT2D eigenvalue weighted by Crippen LogP contribution is 2.36. The summed E-state index contributed by atoms with van der Waals surface area (Å²) in [4.78, 5) is 30.2. The van der Waals surface area contributed by atoms with Crippen molar-refractivity contribution < 1.29 is 27.8 Å². The largest absolute Gasteiger partial charge is 0.489 e. The Morgan fingerprint density at radius 3 is 2.37 bits per heavy atom. The maximum Gasteiger partial charge on any atom is 0.417 e. The molecule has 0 aliphatic heterocycles. The van der Waals surface area contributed by atoms with Crippen LogP contribution in [0.4, 0.5) is 13.2 Å². The van der Waals surface area contributed by atoms with E-state index in [4.69, 9.17) is 4.74 Å². The average molecular weight is 593 g/mol. The molecule has 0 spiro atoms. The number of aryl methyl sites for hydroxylation is 3. The number of alkyl halides is 3. The van der Waals surface area contributed by atoms with E-state index in [9.17, 15) is 27.9 Å². The second kappa shape index (κ2) is 13.7. The van der Waals surface area contributed by atoms with Gasteiger partial charge in [-0.05, 0) is 49.1 Å². The first-order valence-corrected chi connectivity index (χ1v) is 14.4.